The van der Waals surface area contributed by atoms with E-state index in [1.54, 1.807) is 0 Å². The lowest BCUT2D eigenvalue weighted by atomic mass is 9.92. The molecule has 2 aliphatic heterocycles. The van der Waals surface area contributed by atoms with Crippen molar-refractivity contribution < 1.29 is 9.53 Å². The third-order valence-corrected chi connectivity index (χ3v) is 6.86. The van der Waals surface area contributed by atoms with Gasteiger partial charge in [0.2, 0.25) is 5.91 Å². The van der Waals surface area contributed by atoms with Crippen molar-refractivity contribution in [3.8, 4) is 0 Å². The molecule has 1 atom stereocenters. The van der Waals surface area contributed by atoms with Crippen LogP contribution in [0.1, 0.15) is 30.4 Å². The van der Waals surface area contributed by atoms with Gasteiger partial charge in [0, 0.05) is 37.9 Å². The van der Waals surface area contributed by atoms with Crippen LogP contribution in [0, 0.1) is 0 Å². The minimum absolute atomic E-state index is 0.127. The largest absolute Gasteiger partial charge is 0.363 e. The number of hydrogen-bond donors (Lipinski definition) is 1. The Morgan fingerprint density at radius 1 is 1.00 bits per heavy atom. The summed E-state index contributed by atoms with van der Waals surface area (Å²) in [6, 6.07) is 19.2. The maximum Gasteiger partial charge on any atom is 0.248 e. The number of hydrogen-bond acceptors (Lipinski definition) is 3. The lowest BCUT2D eigenvalue weighted by Gasteiger charge is -2.42. The lowest BCUT2D eigenvalue weighted by molar-refractivity contribution is -0.165. The van der Waals surface area contributed by atoms with Crippen LogP contribution >= 0.6 is 0 Å². The Bertz CT molecular complexity index is 1030. The van der Waals surface area contributed by atoms with E-state index in [0.717, 1.165) is 58.4 Å². The summed E-state index contributed by atoms with van der Waals surface area (Å²) in [4.78, 5) is 20.4. The zero-order valence-electron chi connectivity index (χ0n) is 18.1. The number of ether oxygens (including phenoxy) is 1. The zero-order valence-corrected chi connectivity index (χ0v) is 18.1. The quantitative estimate of drug-likeness (QED) is 0.683. The number of H-pyrrole nitrogens is 1. The van der Waals surface area contributed by atoms with E-state index in [-0.39, 0.29) is 18.1 Å². The molecule has 1 spiro atoms. The second kappa shape index (κ2) is 8.85. The highest BCUT2D eigenvalue weighted by atomic mass is 16.5. The third kappa shape index (κ3) is 4.68. The standard InChI is InChI=1S/C26H31N3O2/c30-25-19-31-26(20-29(25)15-10-21-5-2-1-3-6-21)11-4-14-28(16-12-26)18-22-7-8-23-9-13-27-24(23)17-22/h1-3,5-9,13,17,27H,4,10-12,14-16,18-20H2/t26-/m1/s1. The van der Waals surface area contributed by atoms with E-state index in [4.69, 9.17) is 4.74 Å². The summed E-state index contributed by atoms with van der Waals surface area (Å²) in [5, 5.41) is 1.26. The molecular formula is C26H31N3O2. The van der Waals surface area contributed by atoms with Gasteiger partial charge in [-0.3, -0.25) is 9.69 Å². The molecule has 1 aromatic heterocycles. The number of amides is 1. The molecule has 5 heteroatoms. The molecule has 0 unspecified atom stereocenters. The molecule has 3 heterocycles. The lowest BCUT2D eigenvalue weighted by Crippen LogP contribution is -2.55. The Morgan fingerprint density at radius 3 is 2.81 bits per heavy atom. The summed E-state index contributed by atoms with van der Waals surface area (Å²) < 4.78 is 6.20. The monoisotopic (exact) mass is 417 g/mol. The van der Waals surface area contributed by atoms with Crippen LogP contribution < -0.4 is 0 Å². The summed E-state index contributed by atoms with van der Waals surface area (Å²) in [6.45, 7) is 4.75. The van der Waals surface area contributed by atoms with Crippen LogP contribution in [0.15, 0.2) is 60.8 Å². The predicted octanol–water partition coefficient (Wildman–Crippen LogP) is 3.99. The molecule has 2 saturated heterocycles. The smallest absolute Gasteiger partial charge is 0.248 e. The van der Waals surface area contributed by atoms with Crippen molar-refractivity contribution in [1.82, 2.24) is 14.8 Å². The second-order valence-electron chi connectivity index (χ2n) is 9.05. The molecule has 162 valence electrons. The van der Waals surface area contributed by atoms with Crippen molar-refractivity contribution in [1.29, 1.82) is 0 Å². The summed E-state index contributed by atoms with van der Waals surface area (Å²) in [5.74, 6) is 0.127. The number of rotatable bonds is 5. The van der Waals surface area contributed by atoms with E-state index in [9.17, 15) is 4.79 Å². The van der Waals surface area contributed by atoms with Crippen LogP contribution in [0.4, 0.5) is 0 Å². The molecule has 2 aliphatic rings. The Balaban J connectivity index is 1.20. The van der Waals surface area contributed by atoms with Gasteiger partial charge in [0.05, 0.1) is 5.60 Å². The van der Waals surface area contributed by atoms with Gasteiger partial charge < -0.3 is 14.6 Å². The average Bonchev–Trinajstić information content (AvgIpc) is 3.18. The maximum absolute atomic E-state index is 12.5. The van der Waals surface area contributed by atoms with Gasteiger partial charge in [-0.1, -0.05) is 42.5 Å². The number of benzene rings is 2. The van der Waals surface area contributed by atoms with E-state index < -0.39 is 0 Å². The second-order valence-corrected chi connectivity index (χ2v) is 9.05. The normalized spacial score (nSPS) is 22.8. The fourth-order valence-corrected chi connectivity index (χ4v) is 5.04. The van der Waals surface area contributed by atoms with Crippen molar-refractivity contribution in [2.75, 3.05) is 32.8 Å². The minimum Gasteiger partial charge on any atom is -0.363 e. The highest BCUT2D eigenvalue weighted by molar-refractivity contribution is 5.80. The Labute approximate surface area is 184 Å². The summed E-state index contributed by atoms with van der Waals surface area (Å²) in [6.07, 6.45) is 6.00. The SMILES string of the molecule is O=C1CO[C@@]2(CCCN(Cc3ccc4cc[nH]c4c3)CC2)CN1CCc1ccccc1. The Kier molecular flexibility index (Phi) is 5.79. The zero-order chi connectivity index (χ0) is 21.1. The number of likely N-dealkylation sites (tertiary alicyclic amines) is 1. The first kappa shape index (κ1) is 20.3. The molecule has 2 fully saturated rings. The molecule has 1 amide bonds. The first-order valence-electron chi connectivity index (χ1n) is 11.4. The van der Waals surface area contributed by atoms with Gasteiger partial charge in [-0.25, -0.2) is 0 Å². The highest BCUT2D eigenvalue weighted by Crippen LogP contribution is 2.31. The predicted molar refractivity (Wildman–Crippen MR) is 123 cm³/mol. The third-order valence-electron chi connectivity index (χ3n) is 6.86. The number of carbonyl (C=O) groups is 1. The summed E-state index contributed by atoms with van der Waals surface area (Å²) >= 11 is 0. The topological polar surface area (TPSA) is 48.6 Å². The fraction of sp³-hybridized carbons (Fsp3) is 0.423. The number of carbonyl (C=O) groups excluding carboxylic acids is 1. The van der Waals surface area contributed by atoms with Crippen molar-refractivity contribution in [3.05, 3.63) is 71.9 Å². The molecule has 0 bridgehead atoms. The van der Waals surface area contributed by atoms with Crippen LogP contribution in [-0.2, 0) is 22.5 Å². The van der Waals surface area contributed by atoms with Crippen LogP contribution in [0.25, 0.3) is 10.9 Å². The number of morpholine rings is 1. The number of aromatic amines is 1. The van der Waals surface area contributed by atoms with Crippen molar-refractivity contribution >= 4 is 16.8 Å². The first-order chi connectivity index (χ1) is 15.2. The highest BCUT2D eigenvalue weighted by Gasteiger charge is 2.40. The van der Waals surface area contributed by atoms with Crippen molar-refractivity contribution in [3.63, 3.8) is 0 Å². The van der Waals surface area contributed by atoms with E-state index in [1.165, 1.54) is 22.0 Å². The summed E-state index contributed by atoms with van der Waals surface area (Å²) in [5.41, 5.74) is 3.63. The van der Waals surface area contributed by atoms with Crippen LogP contribution in [0.5, 0.6) is 0 Å². The number of aromatic nitrogens is 1. The molecule has 0 radical (unpaired) electrons. The number of nitrogens with one attached hydrogen (secondary N) is 1. The van der Waals surface area contributed by atoms with E-state index in [2.05, 4.69) is 58.4 Å². The van der Waals surface area contributed by atoms with Gasteiger partial charge >= 0.3 is 0 Å². The molecule has 31 heavy (non-hydrogen) atoms. The minimum atomic E-state index is -0.192. The van der Waals surface area contributed by atoms with Crippen LogP contribution in [0.3, 0.4) is 0 Å². The maximum atomic E-state index is 12.5. The van der Waals surface area contributed by atoms with E-state index in [0.29, 0.717) is 0 Å². The van der Waals surface area contributed by atoms with Gasteiger partial charge in [-0.05, 0) is 60.9 Å². The molecule has 5 rings (SSSR count). The van der Waals surface area contributed by atoms with Crippen molar-refractivity contribution in [2.24, 2.45) is 0 Å². The fourth-order valence-electron chi connectivity index (χ4n) is 5.04. The molecule has 5 nitrogen and oxygen atoms in total. The van der Waals surface area contributed by atoms with E-state index >= 15 is 0 Å². The Hall–Kier alpha value is -2.63. The van der Waals surface area contributed by atoms with Gasteiger partial charge in [0.25, 0.3) is 0 Å². The molecule has 0 saturated carbocycles. The van der Waals surface area contributed by atoms with Crippen LogP contribution in [0.2, 0.25) is 0 Å². The molecular weight excluding hydrogens is 386 g/mol. The molecule has 0 aliphatic carbocycles. The van der Waals surface area contributed by atoms with Crippen LogP contribution in [-0.4, -0.2) is 59.1 Å². The number of nitrogens with zero attached hydrogens (tertiary/aromatic N) is 2. The van der Waals surface area contributed by atoms with E-state index in [1.807, 2.05) is 17.2 Å². The first-order valence-corrected chi connectivity index (χ1v) is 11.4. The average molecular weight is 418 g/mol. The van der Waals surface area contributed by atoms with Gasteiger partial charge in [0.15, 0.2) is 0 Å². The molecule has 1 N–H and O–H groups in total. The van der Waals surface area contributed by atoms with Gasteiger partial charge in [-0.15, -0.1) is 0 Å². The van der Waals surface area contributed by atoms with Gasteiger partial charge in [-0.2, -0.15) is 0 Å². The molecule has 3 aromatic rings. The Morgan fingerprint density at radius 2 is 1.90 bits per heavy atom. The number of fused-ring (bicyclic) bond motifs is 1. The summed E-state index contributed by atoms with van der Waals surface area (Å²) in [7, 11) is 0. The van der Waals surface area contributed by atoms with Crippen molar-refractivity contribution in [2.45, 2.75) is 37.8 Å². The van der Waals surface area contributed by atoms with Gasteiger partial charge in [0.1, 0.15) is 6.61 Å². The molecule has 2 aromatic carbocycles.